The largest absolute Gasteiger partial charge is 0.444 e. The fourth-order valence-corrected chi connectivity index (χ4v) is 2.66. The van der Waals surface area contributed by atoms with Gasteiger partial charge in [0.05, 0.1) is 0 Å². The minimum atomic E-state index is -0.547. The van der Waals surface area contributed by atoms with E-state index in [9.17, 15) is 9.59 Å². The van der Waals surface area contributed by atoms with Crippen molar-refractivity contribution in [2.24, 2.45) is 5.92 Å². The first-order chi connectivity index (χ1) is 10.7. The maximum atomic E-state index is 12.0. The first-order valence-electron chi connectivity index (χ1n) is 8.64. The molecule has 0 aromatic heterocycles. The number of ether oxygens (including phenoxy) is 1. The minimum absolute atomic E-state index is 0.0313. The van der Waals surface area contributed by atoms with Crippen molar-refractivity contribution in [1.29, 1.82) is 0 Å². The Hall–Kier alpha value is -1.30. The van der Waals surface area contributed by atoms with E-state index in [0.717, 1.165) is 25.9 Å². The van der Waals surface area contributed by atoms with Gasteiger partial charge in [0, 0.05) is 13.6 Å². The quantitative estimate of drug-likeness (QED) is 0.811. The topological polar surface area (TPSA) is 61.9 Å². The standard InChI is InChI=1S/C17H33N3O3/c1-6-9-20-10-7-14(8-11-20)12-18-15(21)13-19(5)16(22)23-17(2,3)4/h14H,6-13H2,1-5H3,(H,18,21). The number of hydrogen-bond donors (Lipinski definition) is 1. The second-order valence-electron chi connectivity index (χ2n) is 7.43. The Bertz CT molecular complexity index is 385. The van der Waals surface area contributed by atoms with E-state index in [4.69, 9.17) is 4.74 Å². The molecule has 0 bridgehead atoms. The Morgan fingerprint density at radius 3 is 2.39 bits per heavy atom. The molecule has 0 aliphatic carbocycles. The number of likely N-dealkylation sites (tertiary alicyclic amines) is 1. The molecule has 6 nitrogen and oxygen atoms in total. The monoisotopic (exact) mass is 327 g/mol. The molecule has 1 heterocycles. The van der Waals surface area contributed by atoms with Crippen molar-refractivity contribution >= 4 is 12.0 Å². The van der Waals surface area contributed by atoms with E-state index in [0.29, 0.717) is 12.5 Å². The van der Waals surface area contributed by atoms with Crippen LogP contribution in [0.2, 0.25) is 0 Å². The smallest absolute Gasteiger partial charge is 0.410 e. The van der Waals surface area contributed by atoms with Crippen LogP contribution in [0.15, 0.2) is 0 Å². The summed E-state index contributed by atoms with van der Waals surface area (Å²) in [5.74, 6) is 0.410. The van der Waals surface area contributed by atoms with Gasteiger partial charge in [0.25, 0.3) is 0 Å². The highest BCUT2D eigenvalue weighted by Gasteiger charge is 2.22. The van der Waals surface area contributed by atoms with Crippen LogP contribution in [0.1, 0.15) is 47.0 Å². The van der Waals surface area contributed by atoms with Crippen LogP contribution in [0, 0.1) is 5.92 Å². The van der Waals surface area contributed by atoms with Gasteiger partial charge in [0.1, 0.15) is 12.1 Å². The lowest BCUT2D eigenvalue weighted by atomic mass is 9.96. The molecule has 1 rings (SSSR count). The van der Waals surface area contributed by atoms with Crippen molar-refractivity contribution in [3.05, 3.63) is 0 Å². The zero-order chi connectivity index (χ0) is 17.5. The second-order valence-corrected chi connectivity index (χ2v) is 7.43. The van der Waals surface area contributed by atoms with E-state index in [1.807, 2.05) is 20.8 Å². The number of nitrogens with zero attached hydrogens (tertiary/aromatic N) is 2. The fourth-order valence-electron chi connectivity index (χ4n) is 2.66. The van der Waals surface area contributed by atoms with E-state index in [1.54, 1.807) is 7.05 Å². The van der Waals surface area contributed by atoms with Crippen LogP contribution < -0.4 is 5.32 Å². The summed E-state index contributed by atoms with van der Waals surface area (Å²) < 4.78 is 5.23. The van der Waals surface area contributed by atoms with Crippen LogP contribution in [-0.2, 0) is 9.53 Å². The molecule has 0 saturated carbocycles. The molecule has 1 aliphatic heterocycles. The van der Waals surface area contributed by atoms with Gasteiger partial charge in [-0.05, 0) is 65.6 Å². The number of piperidine rings is 1. The average Bonchev–Trinajstić information content (AvgIpc) is 2.45. The van der Waals surface area contributed by atoms with Crippen LogP contribution >= 0.6 is 0 Å². The van der Waals surface area contributed by atoms with E-state index in [1.165, 1.54) is 17.9 Å². The number of rotatable bonds is 6. The normalized spacial score (nSPS) is 16.9. The summed E-state index contributed by atoms with van der Waals surface area (Å²) in [6.07, 6.45) is 2.98. The molecule has 6 heteroatoms. The molecule has 23 heavy (non-hydrogen) atoms. The number of amides is 2. The van der Waals surface area contributed by atoms with E-state index >= 15 is 0 Å². The molecule has 134 valence electrons. The molecule has 0 aromatic rings. The zero-order valence-electron chi connectivity index (χ0n) is 15.4. The van der Waals surface area contributed by atoms with Gasteiger partial charge in [0.15, 0.2) is 0 Å². The molecular formula is C17H33N3O3. The van der Waals surface area contributed by atoms with Gasteiger partial charge in [-0.1, -0.05) is 6.92 Å². The van der Waals surface area contributed by atoms with Gasteiger partial charge in [0.2, 0.25) is 5.91 Å². The zero-order valence-corrected chi connectivity index (χ0v) is 15.4. The highest BCUT2D eigenvalue weighted by molar-refractivity contribution is 5.82. The number of carbonyl (C=O) groups excluding carboxylic acids is 2. The van der Waals surface area contributed by atoms with Crippen molar-refractivity contribution in [2.75, 3.05) is 39.8 Å². The van der Waals surface area contributed by atoms with Gasteiger partial charge in [-0.15, -0.1) is 0 Å². The molecule has 1 aliphatic rings. The van der Waals surface area contributed by atoms with Gasteiger partial charge in [-0.25, -0.2) is 4.79 Å². The third-order valence-electron chi connectivity index (χ3n) is 3.92. The van der Waals surface area contributed by atoms with Crippen LogP contribution in [0.4, 0.5) is 4.79 Å². The van der Waals surface area contributed by atoms with Crippen molar-refractivity contribution in [3.8, 4) is 0 Å². The Kier molecular flexibility index (Phi) is 7.82. The summed E-state index contributed by atoms with van der Waals surface area (Å²) in [7, 11) is 1.58. The molecule has 1 saturated heterocycles. The molecule has 2 amide bonds. The molecule has 1 fully saturated rings. The summed E-state index contributed by atoms with van der Waals surface area (Å²) in [6.45, 7) is 11.8. The Labute approximate surface area is 140 Å². The Balaban J connectivity index is 2.23. The summed E-state index contributed by atoms with van der Waals surface area (Å²) in [5, 5.41) is 2.94. The number of hydrogen-bond acceptors (Lipinski definition) is 4. The Morgan fingerprint density at radius 2 is 1.87 bits per heavy atom. The molecule has 0 radical (unpaired) electrons. The second kappa shape index (κ2) is 9.11. The Morgan fingerprint density at radius 1 is 1.26 bits per heavy atom. The summed E-state index contributed by atoms with van der Waals surface area (Å²) >= 11 is 0. The van der Waals surface area contributed by atoms with Crippen LogP contribution in [0.5, 0.6) is 0 Å². The van der Waals surface area contributed by atoms with Crippen molar-refractivity contribution in [3.63, 3.8) is 0 Å². The summed E-state index contributed by atoms with van der Waals surface area (Å²) in [6, 6.07) is 0. The van der Waals surface area contributed by atoms with Gasteiger partial charge in [-0.2, -0.15) is 0 Å². The summed E-state index contributed by atoms with van der Waals surface area (Å²) in [5.41, 5.74) is -0.547. The van der Waals surface area contributed by atoms with Gasteiger partial charge in [-0.3, -0.25) is 4.79 Å². The SMILES string of the molecule is CCCN1CCC(CNC(=O)CN(C)C(=O)OC(C)(C)C)CC1. The lowest BCUT2D eigenvalue weighted by Crippen LogP contribution is -2.43. The van der Waals surface area contributed by atoms with Crippen molar-refractivity contribution in [2.45, 2.75) is 52.6 Å². The highest BCUT2D eigenvalue weighted by Crippen LogP contribution is 2.16. The number of nitrogens with one attached hydrogen (secondary N) is 1. The molecule has 0 spiro atoms. The third-order valence-corrected chi connectivity index (χ3v) is 3.92. The van der Waals surface area contributed by atoms with Crippen LogP contribution in [0.25, 0.3) is 0 Å². The maximum Gasteiger partial charge on any atom is 0.410 e. The summed E-state index contributed by atoms with van der Waals surface area (Å²) in [4.78, 5) is 27.6. The van der Waals surface area contributed by atoms with Crippen LogP contribution in [-0.4, -0.2) is 67.2 Å². The average molecular weight is 327 g/mol. The highest BCUT2D eigenvalue weighted by atomic mass is 16.6. The van der Waals surface area contributed by atoms with Crippen molar-refractivity contribution < 1.29 is 14.3 Å². The lowest BCUT2D eigenvalue weighted by Gasteiger charge is -2.31. The lowest BCUT2D eigenvalue weighted by molar-refractivity contribution is -0.122. The minimum Gasteiger partial charge on any atom is -0.444 e. The first kappa shape index (κ1) is 19.7. The predicted octanol–water partition coefficient (Wildman–Crippen LogP) is 2.09. The molecule has 1 N–H and O–H groups in total. The fraction of sp³-hybridized carbons (Fsp3) is 0.882. The van der Waals surface area contributed by atoms with E-state index < -0.39 is 11.7 Å². The van der Waals surface area contributed by atoms with Crippen LogP contribution in [0.3, 0.4) is 0 Å². The van der Waals surface area contributed by atoms with E-state index in [2.05, 4.69) is 17.1 Å². The third kappa shape index (κ3) is 8.21. The predicted molar refractivity (Wildman–Crippen MR) is 91.3 cm³/mol. The first-order valence-corrected chi connectivity index (χ1v) is 8.64. The number of likely N-dealkylation sites (N-methyl/N-ethyl adjacent to an activating group) is 1. The molecule has 0 atom stereocenters. The molecular weight excluding hydrogens is 294 g/mol. The van der Waals surface area contributed by atoms with Crippen molar-refractivity contribution in [1.82, 2.24) is 15.1 Å². The molecule has 0 unspecified atom stereocenters. The van der Waals surface area contributed by atoms with Gasteiger partial charge >= 0.3 is 6.09 Å². The number of carbonyl (C=O) groups is 2. The maximum absolute atomic E-state index is 12.0. The molecule has 0 aromatic carbocycles. The van der Waals surface area contributed by atoms with E-state index in [-0.39, 0.29) is 12.5 Å². The van der Waals surface area contributed by atoms with Gasteiger partial charge < -0.3 is 19.9 Å².